The van der Waals surface area contributed by atoms with Crippen LogP contribution in [-0.2, 0) is 16.0 Å². The molecule has 3 heterocycles. The first-order valence-electron chi connectivity index (χ1n) is 9.65. The van der Waals surface area contributed by atoms with E-state index < -0.39 is 0 Å². The zero-order valence-electron chi connectivity index (χ0n) is 15.7. The van der Waals surface area contributed by atoms with E-state index in [-0.39, 0.29) is 42.3 Å². The Morgan fingerprint density at radius 1 is 1.26 bits per heavy atom. The molecule has 1 aliphatic carbocycles. The molecule has 1 aromatic heterocycles. The van der Waals surface area contributed by atoms with Crippen LogP contribution in [0.4, 0.5) is 0 Å². The number of H-pyrrole nitrogens is 1. The van der Waals surface area contributed by atoms with Gasteiger partial charge in [-0.15, -0.1) is 24.8 Å². The Morgan fingerprint density at radius 3 is 2.74 bits per heavy atom. The minimum Gasteiger partial charge on any atom is -0.379 e. The molecule has 0 aromatic carbocycles. The molecule has 1 saturated heterocycles. The third-order valence-corrected chi connectivity index (χ3v) is 6.07. The number of imidazole rings is 1. The van der Waals surface area contributed by atoms with Crippen molar-refractivity contribution in [1.29, 1.82) is 0 Å². The van der Waals surface area contributed by atoms with Gasteiger partial charge in [0.2, 0.25) is 5.91 Å². The molecule has 1 saturated carbocycles. The predicted octanol–water partition coefficient (Wildman–Crippen LogP) is 1.59. The topological polar surface area (TPSA) is 82.3 Å². The maximum absolute atomic E-state index is 12.9. The van der Waals surface area contributed by atoms with Gasteiger partial charge in [0.15, 0.2) is 0 Å². The number of morpholine rings is 1. The summed E-state index contributed by atoms with van der Waals surface area (Å²) in [6, 6.07) is -0.333. The Kier molecular flexibility index (Phi) is 8.37. The molecule has 0 bridgehead atoms. The van der Waals surface area contributed by atoms with Crippen molar-refractivity contribution in [2.24, 2.45) is 0 Å². The van der Waals surface area contributed by atoms with Crippen LogP contribution in [0.15, 0.2) is 6.33 Å². The molecule has 1 aromatic rings. The minimum atomic E-state index is -0.333. The summed E-state index contributed by atoms with van der Waals surface area (Å²) in [6.45, 7) is 5.08. The average Bonchev–Trinajstić information content (AvgIpc) is 3.16. The molecule has 3 N–H and O–H groups in total. The van der Waals surface area contributed by atoms with Crippen LogP contribution in [0, 0.1) is 0 Å². The third-order valence-electron chi connectivity index (χ3n) is 6.07. The van der Waals surface area contributed by atoms with Crippen LogP contribution in [-0.4, -0.2) is 65.7 Å². The second-order valence-corrected chi connectivity index (χ2v) is 7.51. The van der Waals surface area contributed by atoms with E-state index in [1.54, 1.807) is 6.33 Å². The summed E-state index contributed by atoms with van der Waals surface area (Å²) in [4.78, 5) is 22.9. The van der Waals surface area contributed by atoms with Crippen LogP contribution in [0.1, 0.15) is 49.5 Å². The number of aromatic amines is 1. The van der Waals surface area contributed by atoms with Gasteiger partial charge in [0, 0.05) is 43.8 Å². The van der Waals surface area contributed by atoms with Crippen molar-refractivity contribution in [1.82, 2.24) is 25.5 Å². The van der Waals surface area contributed by atoms with E-state index in [1.807, 2.05) is 0 Å². The van der Waals surface area contributed by atoms with E-state index in [4.69, 9.17) is 4.74 Å². The lowest BCUT2D eigenvalue weighted by atomic mass is 9.79. The molecule has 0 radical (unpaired) electrons. The van der Waals surface area contributed by atoms with Gasteiger partial charge < -0.3 is 20.4 Å². The molecule has 4 rings (SSSR count). The number of hydrogen-bond acceptors (Lipinski definition) is 5. The average molecular weight is 420 g/mol. The molecular formula is C18H31Cl2N5O2. The van der Waals surface area contributed by atoms with Crippen LogP contribution >= 0.6 is 24.8 Å². The monoisotopic (exact) mass is 419 g/mol. The van der Waals surface area contributed by atoms with Gasteiger partial charge in [-0.25, -0.2) is 4.98 Å². The largest absolute Gasteiger partial charge is 0.379 e. The van der Waals surface area contributed by atoms with E-state index in [1.165, 1.54) is 32.1 Å². The summed E-state index contributed by atoms with van der Waals surface area (Å²) in [5.74, 6) is 0.0475. The van der Waals surface area contributed by atoms with Crippen LogP contribution < -0.4 is 10.6 Å². The Hall–Kier alpha value is -0.860. The molecule has 27 heavy (non-hydrogen) atoms. The second kappa shape index (κ2) is 10.1. The number of carbonyl (C=O) groups excluding carboxylic acids is 1. The van der Waals surface area contributed by atoms with Crippen LogP contribution in [0.3, 0.4) is 0 Å². The fourth-order valence-electron chi connectivity index (χ4n) is 4.64. The van der Waals surface area contributed by atoms with E-state index in [0.717, 1.165) is 57.2 Å². The van der Waals surface area contributed by atoms with Crippen LogP contribution in [0.2, 0.25) is 0 Å². The van der Waals surface area contributed by atoms with E-state index in [9.17, 15) is 4.79 Å². The predicted molar refractivity (Wildman–Crippen MR) is 109 cm³/mol. The van der Waals surface area contributed by atoms with Gasteiger partial charge >= 0.3 is 0 Å². The summed E-state index contributed by atoms with van der Waals surface area (Å²) in [7, 11) is 0. The number of aromatic nitrogens is 2. The highest BCUT2D eigenvalue weighted by molar-refractivity contribution is 5.85. The van der Waals surface area contributed by atoms with Crippen molar-refractivity contribution in [3.63, 3.8) is 0 Å². The minimum absolute atomic E-state index is 0. The van der Waals surface area contributed by atoms with Crippen molar-refractivity contribution >= 4 is 30.7 Å². The molecule has 1 amide bonds. The highest BCUT2D eigenvalue weighted by Gasteiger charge is 2.39. The first kappa shape index (κ1) is 22.4. The van der Waals surface area contributed by atoms with Crippen LogP contribution in [0.25, 0.3) is 0 Å². The number of ether oxygens (including phenoxy) is 1. The number of nitrogens with one attached hydrogen (secondary N) is 3. The first-order chi connectivity index (χ1) is 12.3. The van der Waals surface area contributed by atoms with E-state index >= 15 is 0 Å². The lowest BCUT2D eigenvalue weighted by Gasteiger charge is -2.48. The molecular weight excluding hydrogens is 389 g/mol. The van der Waals surface area contributed by atoms with Gasteiger partial charge in [-0.2, -0.15) is 0 Å². The summed E-state index contributed by atoms with van der Waals surface area (Å²) < 4.78 is 5.54. The summed E-state index contributed by atoms with van der Waals surface area (Å²) in [6.07, 6.45) is 8.72. The smallest absolute Gasteiger partial charge is 0.243 e. The molecule has 1 atom stereocenters. The van der Waals surface area contributed by atoms with Gasteiger partial charge in [-0.05, 0) is 12.8 Å². The van der Waals surface area contributed by atoms with Gasteiger partial charge in [0.1, 0.15) is 6.04 Å². The van der Waals surface area contributed by atoms with Crippen molar-refractivity contribution < 1.29 is 9.53 Å². The van der Waals surface area contributed by atoms with Crippen molar-refractivity contribution in [2.75, 3.05) is 39.4 Å². The fraction of sp³-hybridized carbons (Fsp3) is 0.778. The number of nitrogens with zero attached hydrogens (tertiary/aromatic N) is 2. The van der Waals surface area contributed by atoms with Crippen molar-refractivity contribution in [3.05, 3.63) is 17.7 Å². The van der Waals surface area contributed by atoms with Crippen molar-refractivity contribution in [3.8, 4) is 0 Å². The molecule has 1 unspecified atom stereocenters. The highest BCUT2D eigenvalue weighted by Crippen LogP contribution is 2.34. The molecule has 154 valence electrons. The third kappa shape index (κ3) is 4.77. The molecule has 0 spiro atoms. The Bertz CT molecular complexity index is 600. The number of amides is 1. The molecule has 7 nitrogen and oxygen atoms in total. The number of halogens is 2. The Labute approximate surface area is 173 Å². The normalized spacial score (nSPS) is 24.8. The fourth-order valence-corrected chi connectivity index (χ4v) is 4.64. The highest BCUT2D eigenvalue weighted by atomic mass is 35.5. The van der Waals surface area contributed by atoms with E-state index in [2.05, 4.69) is 25.5 Å². The second-order valence-electron chi connectivity index (χ2n) is 7.51. The van der Waals surface area contributed by atoms with Gasteiger partial charge in [-0.3, -0.25) is 9.69 Å². The van der Waals surface area contributed by atoms with Gasteiger partial charge in [0.25, 0.3) is 0 Å². The summed E-state index contributed by atoms with van der Waals surface area (Å²) in [5.41, 5.74) is 2.04. The van der Waals surface area contributed by atoms with Gasteiger partial charge in [0.05, 0.1) is 25.2 Å². The lowest BCUT2D eigenvalue weighted by molar-refractivity contribution is -0.124. The summed E-state index contributed by atoms with van der Waals surface area (Å²) in [5, 5.41) is 6.57. The summed E-state index contributed by atoms with van der Waals surface area (Å²) >= 11 is 0. The lowest BCUT2D eigenvalue weighted by Crippen LogP contribution is -2.60. The van der Waals surface area contributed by atoms with Crippen LogP contribution in [0.5, 0.6) is 0 Å². The molecule has 2 aliphatic heterocycles. The zero-order valence-corrected chi connectivity index (χ0v) is 17.3. The quantitative estimate of drug-likeness (QED) is 0.689. The SMILES string of the molecule is Cl.Cl.O=C(NCC1(N2CCOCC2)CCCCC1)C1NCCc2[nH]cnc21. The van der Waals surface area contributed by atoms with Gasteiger partial charge in [-0.1, -0.05) is 19.3 Å². The first-order valence-corrected chi connectivity index (χ1v) is 9.65. The number of carbonyl (C=O) groups is 1. The Balaban J connectivity index is 0.00000131. The number of fused-ring (bicyclic) bond motifs is 1. The maximum Gasteiger partial charge on any atom is 0.243 e. The molecule has 2 fully saturated rings. The van der Waals surface area contributed by atoms with Crippen molar-refractivity contribution in [2.45, 2.75) is 50.1 Å². The molecule has 9 heteroatoms. The standard InChI is InChI=1S/C18H29N5O2.2ClH/c24-17(16-15-14(4-7-19-16)21-13-22-15)20-12-18(5-2-1-3-6-18)23-8-10-25-11-9-23;;/h13,16,19H,1-12H2,(H,20,24)(H,21,22);2*1H. The number of rotatable bonds is 4. The molecule has 3 aliphatic rings. The number of hydrogen-bond donors (Lipinski definition) is 3. The Morgan fingerprint density at radius 2 is 2.00 bits per heavy atom. The van der Waals surface area contributed by atoms with E-state index in [0.29, 0.717) is 0 Å². The maximum atomic E-state index is 12.9. The zero-order chi connectivity index (χ0) is 17.1.